The highest BCUT2D eigenvalue weighted by atomic mass is 32.2. The summed E-state index contributed by atoms with van der Waals surface area (Å²) >= 11 is 1.43. The van der Waals surface area contributed by atoms with Crippen molar-refractivity contribution in [2.45, 2.75) is 35.8 Å². The number of piperazine rings is 1. The molecule has 10 nitrogen and oxygen atoms in total. The number of fused-ring (bicyclic) bond motifs is 1. The standard InChI is InChI=1S/C25H30N4O6S3/c1-17-15-29(16-18(2)35-17)38(33,34)20-9-7-19(8-10-20)24(30)27-11-13-28(14-12-27)25-26-23-21(36-25)5-4-6-22(23)37(3,31)32/h4-10,17-18H,11-16H2,1-3H3. The van der Waals surface area contributed by atoms with Gasteiger partial charge in [0.05, 0.1) is 26.7 Å². The molecule has 5 rings (SSSR count). The third-order valence-corrected chi connectivity index (χ3v) is 10.8. The fourth-order valence-corrected chi connectivity index (χ4v) is 8.41. The number of carbonyl (C=O) groups is 1. The van der Waals surface area contributed by atoms with Crippen molar-refractivity contribution in [3.63, 3.8) is 0 Å². The number of hydrogen-bond donors (Lipinski definition) is 0. The van der Waals surface area contributed by atoms with Gasteiger partial charge >= 0.3 is 0 Å². The van der Waals surface area contributed by atoms with Gasteiger partial charge in [0, 0.05) is 51.1 Å². The van der Waals surface area contributed by atoms with Crippen LogP contribution in [-0.4, -0.2) is 94.7 Å². The molecule has 0 radical (unpaired) electrons. The van der Waals surface area contributed by atoms with Crippen molar-refractivity contribution in [3.8, 4) is 0 Å². The molecule has 2 fully saturated rings. The fraction of sp³-hybridized carbons (Fsp3) is 0.440. The number of carbonyl (C=O) groups excluding carboxylic acids is 1. The number of hydrogen-bond acceptors (Lipinski definition) is 9. The summed E-state index contributed by atoms with van der Waals surface area (Å²) < 4.78 is 58.4. The number of sulfone groups is 1. The second-order valence-corrected chi connectivity index (χ2v) is 14.7. The fourth-order valence-electron chi connectivity index (χ4n) is 4.87. The smallest absolute Gasteiger partial charge is 0.253 e. The van der Waals surface area contributed by atoms with Crippen molar-refractivity contribution in [3.05, 3.63) is 48.0 Å². The summed E-state index contributed by atoms with van der Waals surface area (Å²) in [5, 5.41) is 0.726. The minimum atomic E-state index is -3.68. The zero-order valence-corrected chi connectivity index (χ0v) is 23.9. The summed E-state index contributed by atoms with van der Waals surface area (Å²) in [6, 6.07) is 11.2. The number of para-hydroxylation sites is 1. The van der Waals surface area contributed by atoms with Gasteiger partial charge < -0.3 is 14.5 Å². The third-order valence-electron chi connectivity index (χ3n) is 6.73. The molecule has 204 valence electrons. The third kappa shape index (κ3) is 5.30. The molecule has 2 atom stereocenters. The SMILES string of the molecule is CC1CN(S(=O)(=O)c2ccc(C(=O)N3CCN(c4nc5c(S(C)(=O)=O)cccc5s4)CC3)cc2)CC(C)O1. The molecule has 38 heavy (non-hydrogen) atoms. The Morgan fingerprint density at radius 1 is 0.947 bits per heavy atom. The summed E-state index contributed by atoms with van der Waals surface area (Å²) in [6.07, 6.45) is 0.812. The molecule has 2 saturated heterocycles. The predicted molar refractivity (Wildman–Crippen MR) is 146 cm³/mol. The van der Waals surface area contributed by atoms with Gasteiger partial charge in [0.1, 0.15) is 5.52 Å². The van der Waals surface area contributed by atoms with E-state index in [2.05, 4.69) is 9.88 Å². The molecular formula is C25H30N4O6S3. The van der Waals surface area contributed by atoms with Crippen LogP contribution in [0.15, 0.2) is 52.3 Å². The number of aromatic nitrogens is 1. The minimum absolute atomic E-state index is 0.157. The Kier molecular flexibility index (Phi) is 7.24. The molecule has 2 aliphatic heterocycles. The van der Waals surface area contributed by atoms with Crippen LogP contribution in [0.2, 0.25) is 0 Å². The number of anilines is 1. The number of rotatable bonds is 5. The van der Waals surface area contributed by atoms with E-state index >= 15 is 0 Å². The van der Waals surface area contributed by atoms with E-state index in [0.717, 1.165) is 9.83 Å². The molecular weight excluding hydrogens is 548 g/mol. The van der Waals surface area contributed by atoms with E-state index in [9.17, 15) is 21.6 Å². The zero-order chi connectivity index (χ0) is 27.2. The van der Waals surface area contributed by atoms with Crippen LogP contribution >= 0.6 is 11.3 Å². The van der Waals surface area contributed by atoms with Crippen molar-refractivity contribution in [2.75, 3.05) is 50.4 Å². The van der Waals surface area contributed by atoms with E-state index in [1.165, 1.54) is 34.0 Å². The lowest BCUT2D eigenvalue weighted by Gasteiger charge is -2.35. The van der Waals surface area contributed by atoms with Crippen LogP contribution in [0.1, 0.15) is 24.2 Å². The monoisotopic (exact) mass is 578 g/mol. The van der Waals surface area contributed by atoms with Gasteiger partial charge in [0.25, 0.3) is 5.91 Å². The van der Waals surface area contributed by atoms with Gasteiger partial charge in [-0.05, 0) is 50.2 Å². The molecule has 13 heteroatoms. The second kappa shape index (κ2) is 10.2. The first-order valence-corrected chi connectivity index (χ1v) is 16.5. The summed E-state index contributed by atoms with van der Waals surface area (Å²) in [7, 11) is -7.07. The number of sulfonamides is 1. The Labute approximate surface area is 226 Å². The molecule has 0 spiro atoms. The molecule has 0 N–H and O–H groups in total. The summed E-state index contributed by atoms with van der Waals surface area (Å²) in [6.45, 7) is 6.34. The van der Waals surface area contributed by atoms with Gasteiger partial charge in [-0.15, -0.1) is 0 Å². The van der Waals surface area contributed by atoms with Crippen molar-refractivity contribution in [1.29, 1.82) is 0 Å². The number of benzene rings is 2. The van der Waals surface area contributed by atoms with Gasteiger partial charge in [0.2, 0.25) is 10.0 Å². The highest BCUT2D eigenvalue weighted by molar-refractivity contribution is 7.91. The minimum Gasteiger partial charge on any atom is -0.373 e. The Morgan fingerprint density at radius 2 is 1.58 bits per heavy atom. The van der Waals surface area contributed by atoms with Crippen LogP contribution in [0.3, 0.4) is 0 Å². The molecule has 2 aromatic carbocycles. The van der Waals surface area contributed by atoms with Gasteiger partial charge in [-0.1, -0.05) is 17.4 Å². The van der Waals surface area contributed by atoms with E-state index < -0.39 is 19.9 Å². The lowest BCUT2D eigenvalue weighted by molar-refractivity contribution is -0.0440. The van der Waals surface area contributed by atoms with Gasteiger partial charge in [-0.25, -0.2) is 21.8 Å². The molecule has 0 aliphatic carbocycles. The number of thiazole rings is 1. The number of nitrogens with zero attached hydrogens (tertiary/aromatic N) is 4. The van der Waals surface area contributed by atoms with Crippen LogP contribution in [0.25, 0.3) is 10.2 Å². The summed E-state index contributed by atoms with van der Waals surface area (Å²) in [5.41, 5.74) is 0.906. The lowest BCUT2D eigenvalue weighted by atomic mass is 10.2. The van der Waals surface area contributed by atoms with E-state index in [0.29, 0.717) is 50.3 Å². The van der Waals surface area contributed by atoms with Crippen molar-refractivity contribution in [1.82, 2.24) is 14.2 Å². The van der Waals surface area contributed by atoms with Gasteiger partial charge in [0.15, 0.2) is 15.0 Å². The van der Waals surface area contributed by atoms with E-state index in [4.69, 9.17) is 4.74 Å². The van der Waals surface area contributed by atoms with Gasteiger partial charge in [-0.3, -0.25) is 4.79 Å². The first-order valence-electron chi connectivity index (χ1n) is 12.3. The van der Waals surface area contributed by atoms with Crippen LogP contribution in [0.4, 0.5) is 5.13 Å². The van der Waals surface area contributed by atoms with Crippen molar-refractivity contribution in [2.24, 2.45) is 0 Å². The maximum Gasteiger partial charge on any atom is 0.253 e. The van der Waals surface area contributed by atoms with Crippen LogP contribution in [-0.2, 0) is 24.6 Å². The molecule has 2 unspecified atom stereocenters. The lowest BCUT2D eigenvalue weighted by Crippen LogP contribution is -2.48. The van der Waals surface area contributed by atoms with Crippen molar-refractivity contribution < 1.29 is 26.4 Å². The van der Waals surface area contributed by atoms with E-state index in [1.54, 1.807) is 29.2 Å². The Morgan fingerprint density at radius 3 is 2.18 bits per heavy atom. The van der Waals surface area contributed by atoms with Crippen molar-refractivity contribution >= 4 is 52.5 Å². The quantitative estimate of drug-likeness (QED) is 0.453. The normalized spacial score (nSPS) is 21.7. The molecule has 2 aliphatic rings. The highest BCUT2D eigenvalue weighted by Gasteiger charge is 2.32. The summed E-state index contributed by atoms with van der Waals surface area (Å²) in [5.74, 6) is -0.161. The Bertz CT molecular complexity index is 1550. The largest absolute Gasteiger partial charge is 0.373 e. The molecule has 3 aromatic rings. The molecule has 0 bridgehead atoms. The van der Waals surface area contributed by atoms with E-state index in [1.807, 2.05) is 19.9 Å². The highest BCUT2D eigenvalue weighted by Crippen LogP contribution is 2.33. The zero-order valence-electron chi connectivity index (χ0n) is 21.4. The average Bonchev–Trinajstić information content (AvgIpc) is 3.32. The number of ether oxygens (including phenoxy) is 1. The van der Waals surface area contributed by atoms with Crippen LogP contribution < -0.4 is 4.90 Å². The Balaban J connectivity index is 1.25. The Hall–Kier alpha value is -2.58. The average molecular weight is 579 g/mol. The van der Waals surface area contributed by atoms with Crippen LogP contribution in [0.5, 0.6) is 0 Å². The maximum absolute atomic E-state index is 13.1. The molecule has 3 heterocycles. The maximum atomic E-state index is 13.1. The first-order chi connectivity index (χ1) is 17.9. The molecule has 1 aromatic heterocycles. The summed E-state index contributed by atoms with van der Waals surface area (Å²) in [4.78, 5) is 21.9. The van der Waals surface area contributed by atoms with E-state index in [-0.39, 0.29) is 27.9 Å². The molecule has 1 amide bonds. The number of morpholine rings is 1. The first kappa shape index (κ1) is 27.0. The second-order valence-electron chi connectivity index (χ2n) is 9.75. The number of amides is 1. The van der Waals surface area contributed by atoms with Gasteiger partial charge in [-0.2, -0.15) is 4.31 Å². The van der Waals surface area contributed by atoms with Crippen LogP contribution in [0, 0.1) is 0 Å². The topological polar surface area (TPSA) is 117 Å². The molecule has 0 saturated carbocycles. The predicted octanol–water partition coefficient (Wildman–Crippen LogP) is 2.46.